The van der Waals surface area contributed by atoms with Crippen molar-refractivity contribution in [1.29, 1.82) is 0 Å². The average molecular weight is 300 g/mol. The molecule has 1 atom stereocenters. The Balaban J connectivity index is 2.08. The third kappa shape index (κ3) is 2.55. The molecule has 1 unspecified atom stereocenters. The smallest absolute Gasteiger partial charge is 0.0837 e. The molecule has 1 heterocycles. The van der Waals surface area contributed by atoms with Gasteiger partial charge in [0.2, 0.25) is 0 Å². The van der Waals surface area contributed by atoms with E-state index in [1.54, 1.807) is 6.20 Å². The Kier molecular flexibility index (Phi) is 3.70. The molecule has 2 aromatic carbocycles. The normalized spacial score (nSPS) is 13.0. The predicted octanol–water partition coefficient (Wildman–Crippen LogP) is 4.32. The van der Waals surface area contributed by atoms with Crippen molar-refractivity contribution in [3.8, 4) is 0 Å². The molecular formula is C17H18ClN3. The van der Waals surface area contributed by atoms with Crippen molar-refractivity contribution in [2.45, 2.75) is 25.9 Å². The minimum absolute atomic E-state index is 0.221. The fourth-order valence-corrected chi connectivity index (χ4v) is 2.86. The molecule has 0 spiro atoms. The predicted molar refractivity (Wildman–Crippen MR) is 87.6 cm³/mol. The molecule has 0 saturated heterocycles. The summed E-state index contributed by atoms with van der Waals surface area (Å²) in [6.45, 7) is 4.14. The number of hydrogen-bond acceptors (Lipinski definition) is 2. The summed E-state index contributed by atoms with van der Waals surface area (Å²) in [5, 5.41) is 7.33. The van der Waals surface area contributed by atoms with E-state index in [0.29, 0.717) is 5.02 Å². The van der Waals surface area contributed by atoms with E-state index in [0.717, 1.165) is 11.3 Å². The summed E-state index contributed by atoms with van der Waals surface area (Å²) in [4.78, 5) is 0. The summed E-state index contributed by atoms with van der Waals surface area (Å²) >= 11 is 6.29. The first-order valence-electron chi connectivity index (χ1n) is 7.05. The molecule has 0 aliphatic rings. The van der Waals surface area contributed by atoms with E-state index in [4.69, 9.17) is 17.3 Å². The fraction of sp³-hybridized carbons (Fsp3) is 0.235. The molecule has 3 aromatic rings. The molecule has 0 fully saturated rings. The second-order valence-electron chi connectivity index (χ2n) is 5.50. The maximum atomic E-state index is 6.45. The second-order valence-corrected chi connectivity index (χ2v) is 5.91. The van der Waals surface area contributed by atoms with Gasteiger partial charge in [0, 0.05) is 6.04 Å². The van der Waals surface area contributed by atoms with Crippen LogP contribution >= 0.6 is 11.6 Å². The molecule has 3 nitrogen and oxygen atoms in total. The minimum atomic E-state index is -0.285. The summed E-state index contributed by atoms with van der Waals surface area (Å²) in [6.07, 6.45) is 1.66. The molecule has 0 saturated carbocycles. The third-order valence-electron chi connectivity index (χ3n) is 3.70. The highest BCUT2D eigenvalue weighted by molar-refractivity contribution is 6.31. The molecule has 2 N–H and O–H groups in total. The Morgan fingerprint density at radius 2 is 1.81 bits per heavy atom. The van der Waals surface area contributed by atoms with Gasteiger partial charge in [0.25, 0.3) is 0 Å². The molecule has 3 rings (SSSR count). The molecule has 0 amide bonds. The van der Waals surface area contributed by atoms with Crippen LogP contribution in [-0.4, -0.2) is 9.78 Å². The Morgan fingerprint density at radius 3 is 2.52 bits per heavy atom. The zero-order chi connectivity index (χ0) is 15.0. The Morgan fingerprint density at radius 1 is 1.10 bits per heavy atom. The summed E-state index contributed by atoms with van der Waals surface area (Å²) in [5.41, 5.74) is 8.35. The van der Waals surface area contributed by atoms with Crippen molar-refractivity contribution >= 4 is 22.4 Å². The summed E-state index contributed by atoms with van der Waals surface area (Å²) in [5.74, 6) is 0. The number of benzene rings is 2. The Labute approximate surface area is 129 Å². The molecule has 4 heteroatoms. The summed E-state index contributed by atoms with van der Waals surface area (Å²) < 4.78 is 1.89. The van der Waals surface area contributed by atoms with Crippen LogP contribution in [-0.2, 0) is 0 Å². The van der Waals surface area contributed by atoms with Crippen molar-refractivity contribution in [2.75, 3.05) is 0 Å². The molecule has 0 aliphatic heterocycles. The number of fused-ring (bicyclic) bond motifs is 1. The quantitative estimate of drug-likeness (QED) is 0.783. The SMILES string of the molecule is CC(C)n1ncc(Cl)c1C(N)c1ccc2ccccc2c1. The van der Waals surface area contributed by atoms with Gasteiger partial charge in [-0.2, -0.15) is 5.10 Å². The molecular weight excluding hydrogens is 282 g/mol. The van der Waals surface area contributed by atoms with Crippen molar-refractivity contribution in [3.05, 3.63) is 64.9 Å². The van der Waals surface area contributed by atoms with Crippen LogP contribution in [0.15, 0.2) is 48.7 Å². The van der Waals surface area contributed by atoms with E-state index in [1.807, 2.05) is 16.8 Å². The van der Waals surface area contributed by atoms with Gasteiger partial charge in [-0.05, 0) is 36.2 Å². The van der Waals surface area contributed by atoms with Gasteiger partial charge >= 0.3 is 0 Å². The number of rotatable bonds is 3. The van der Waals surface area contributed by atoms with Crippen molar-refractivity contribution in [1.82, 2.24) is 9.78 Å². The van der Waals surface area contributed by atoms with Crippen LogP contribution in [0.1, 0.15) is 37.2 Å². The van der Waals surface area contributed by atoms with Crippen LogP contribution in [0, 0.1) is 0 Å². The Hall–Kier alpha value is -1.84. The van der Waals surface area contributed by atoms with E-state index in [-0.39, 0.29) is 12.1 Å². The van der Waals surface area contributed by atoms with Crippen LogP contribution in [0.2, 0.25) is 5.02 Å². The van der Waals surface area contributed by atoms with E-state index in [2.05, 4.69) is 49.3 Å². The molecule has 0 aliphatic carbocycles. The lowest BCUT2D eigenvalue weighted by Gasteiger charge is -2.18. The van der Waals surface area contributed by atoms with E-state index < -0.39 is 0 Å². The van der Waals surface area contributed by atoms with Gasteiger partial charge in [-0.1, -0.05) is 48.0 Å². The highest BCUT2D eigenvalue weighted by Crippen LogP contribution is 2.30. The van der Waals surface area contributed by atoms with Crippen molar-refractivity contribution < 1.29 is 0 Å². The van der Waals surface area contributed by atoms with Crippen LogP contribution in [0.3, 0.4) is 0 Å². The summed E-state index contributed by atoms with van der Waals surface area (Å²) in [7, 11) is 0. The van der Waals surface area contributed by atoms with Gasteiger partial charge in [-0.25, -0.2) is 0 Å². The van der Waals surface area contributed by atoms with Gasteiger partial charge in [0.15, 0.2) is 0 Å². The van der Waals surface area contributed by atoms with Gasteiger partial charge in [-0.3, -0.25) is 4.68 Å². The third-order valence-corrected chi connectivity index (χ3v) is 3.99. The molecule has 1 aromatic heterocycles. The lowest BCUT2D eigenvalue weighted by molar-refractivity contribution is 0.499. The van der Waals surface area contributed by atoms with Gasteiger partial charge < -0.3 is 5.73 Å². The number of nitrogens with two attached hydrogens (primary N) is 1. The van der Waals surface area contributed by atoms with Crippen LogP contribution in [0.25, 0.3) is 10.8 Å². The zero-order valence-electron chi connectivity index (χ0n) is 12.1. The molecule has 21 heavy (non-hydrogen) atoms. The highest BCUT2D eigenvalue weighted by atomic mass is 35.5. The van der Waals surface area contributed by atoms with Crippen LogP contribution in [0.4, 0.5) is 0 Å². The van der Waals surface area contributed by atoms with Crippen molar-refractivity contribution in [2.24, 2.45) is 5.73 Å². The first-order chi connectivity index (χ1) is 10.1. The second kappa shape index (κ2) is 5.51. The fourth-order valence-electron chi connectivity index (χ4n) is 2.61. The van der Waals surface area contributed by atoms with E-state index in [1.165, 1.54) is 10.8 Å². The highest BCUT2D eigenvalue weighted by Gasteiger charge is 2.20. The number of aromatic nitrogens is 2. The standard InChI is InChI=1S/C17H18ClN3/c1-11(2)21-17(15(18)10-20-21)16(19)14-8-7-12-5-3-4-6-13(12)9-14/h3-11,16H,19H2,1-2H3. The first-order valence-corrected chi connectivity index (χ1v) is 7.43. The Bertz CT molecular complexity index is 777. The van der Waals surface area contributed by atoms with E-state index in [9.17, 15) is 0 Å². The summed E-state index contributed by atoms with van der Waals surface area (Å²) in [6, 6.07) is 14.5. The van der Waals surface area contributed by atoms with Gasteiger partial charge in [0.05, 0.1) is 23.0 Å². The topological polar surface area (TPSA) is 43.8 Å². The maximum absolute atomic E-state index is 6.45. The molecule has 108 valence electrons. The van der Waals surface area contributed by atoms with Crippen LogP contribution < -0.4 is 5.73 Å². The van der Waals surface area contributed by atoms with Gasteiger partial charge in [-0.15, -0.1) is 0 Å². The molecule has 0 radical (unpaired) electrons. The maximum Gasteiger partial charge on any atom is 0.0837 e. The van der Waals surface area contributed by atoms with Crippen LogP contribution in [0.5, 0.6) is 0 Å². The lowest BCUT2D eigenvalue weighted by Crippen LogP contribution is -2.19. The molecule has 0 bridgehead atoms. The lowest BCUT2D eigenvalue weighted by atomic mass is 10.00. The first kappa shape index (κ1) is 14.1. The average Bonchev–Trinajstić information content (AvgIpc) is 2.88. The minimum Gasteiger partial charge on any atom is -0.319 e. The largest absolute Gasteiger partial charge is 0.319 e. The zero-order valence-corrected chi connectivity index (χ0v) is 12.9. The van der Waals surface area contributed by atoms with Gasteiger partial charge in [0.1, 0.15) is 0 Å². The monoisotopic (exact) mass is 299 g/mol. The number of hydrogen-bond donors (Lipinski definition) is 1. The van der Waals surface area contributed by atoms with E-state index >= 15 is 0 Å². The number of nitrogens with zero attached hydrogens (tertiary/aromatic N) is 2. The van der Waals surface area contributed by atoms with Crippen molar-refractivity contribution in [3.63, 3.8) is 0 Å². The number of halogens is 1.